The molecular formula is C26H21N3S. The number of thiophene rings is 1. The van der Waals surface area contributed by atoms with Crippen LogP contribution in [0.1, 0.15) is 11.1 Å². The van der Waals surface area contributed by atoms with E-state index in [0.29, 0.717) is 0 Å². The summed E-state index contributed by atoms with van der Waals surface area (Å²) in [7, 11) is 0. The van der Waals surface area contributed by atoms with Gasteiger partial charge in [0.2, 0.25) is 0 Å². The molecule has 0 aliphatic carbocycles. The van der Waals surface area contributed by atoms with Crippen molar-refractivity contribution in [3.8, 4) is 22.3 Å². The number of nitrogens with one attached hydrogen (secondary N) is 1. The van der Waals surface area contributed by atoms with E-state index < -0.39 is 0 Å². The third-order valence-electron chi connectivity index (χ3n) is 5.32. The van der Waals surface area contributed by atoms with Crippen molar-refractivity contribution in [2.45, 2.75) is 13.8 Å². The van der Waals surface area contributed by atoms with E-state index in [2.05, 4.69) is 101 Å². The first-order valence-electron chi connectivity index (χ1n) is 9.91. The van der Waals surface area contributed by atoms with Gasteiger partial charge in [-0.25, -0.2) is 9.97 Å². The van der Waals surface area contributed by atoms with E-state index in [1.165, 1.54) is 27.8 Å². The monoisotopic (exact) mass is 407 g/mol. The summed E-state index contributed by atoms with van der Waals surface area (Å²) in [6, 6.07) is 25.6. The highest BCUT2D eigenvalue weighted by Crippen LogP contribution is 2.38. The molecule has 1 N–H and O–H groups in total. The second kappa shape index (κ2) is 7.73. The Kier molecular flexibility index (Phi) is 4.77. The number of fused-ring (bicyclic) bond motifs is 1. The number of aromatic nitrogens is 2. The van der Waals surface area contributed by atoms with Gasteiger partial charge in [0, 0.05) is 16.6 Å². The van der Waals surface area contributed by atoms with Crippen LogP contribution < -0.4 is 5.32 Å². The minimum atomic E-state index is 0.845. The zero-order valence-electron chi connectivity index (χ0n) is 16.9. The third-order valence-corrected chi connectivity index (χ3v) is 6.21. The summed E-state index contributed by atoms with van der Waals surface area (Å²) in [5.74, 6) is 0.845. The predicted octanol–water partition coefficient (Wildman–Crippen LogP) is 7.39. The van der Waals surface area contributed by atoms with E-state index >= 15 is 0 Å². The third kappa shape index (κ3) is 3.46. The van der Waals surface area contributed by atoms with Gasteiger partial charge in [-0.15, -0.1) is 11.3 Å². The minimum Gasteiger partial charge on any atom is -0.339 e. The number of aryl methyl sites for hydroxylation is 2. The number of hydrogen-bond donors (Lipinski definition) is 1. The molecule has 2 aromatic heterocycles. The molecule has 30 heavy (non-hydrogen) atoms. The van der Waals surface area contributed by atoms with Crippen LogP contribution in [0, 0.1) is 13.8 Å². The van der Waals surface area contributed by atoms with Crippen LogP contribution in [0.3, 0.4) is 0 Å². The molecule has 0 fully saturated rings. The van der Waals surface area contributed by atoms with Gasteiger partial charge in [-0.05, 0) is 47.7 Å². The largest absolute Gasteiger partial charge is 0.339 e. The summed E-state index contributed by atoms with van der Waals surface area (Å²) < 4.78 is 0. The fraction of sp³-hybridized carbons (Fsp3) is 0.0769. The lowest BCUT2D eigenvalue weighted by Gasteiger charge is -2.12. The van der Waals surface area contributed by atoms with Crippen molar-refractivity contribution < 1.29 is 0 Å². The van der Waals surface area contributed by atoms with Crippen LogP contribution in [0.5, 0.6) is 0 Å². The van der Waals surface area contributed by atoms with Crippen molar-refractivity contribution in [1.82, 2.24) is 9.97 Å². The Hall–Kier alpha value is -3.50. The molecule has 0 saturated heterocycles. The van der Waals surface area contributed by atoms with Crippen molar-refractivity contribution in [1.29, 1.82) is 0 Å². The van der Waals surface area contributed by atoms with Crippen LogP contribution in [0.4, 0.5) is 11.5 Å². The highest BCUT2D eigenvalue weighted by Gasteiger charge is 2.14. The van der Waals surface area contributed by atoms with Crippen molar-refractivity contribution in [2.75, 3.05) is 5.32 Å². The van der Waals surface area contributed by atoms with Gasteiger partial charge in [-0.1, -0.05) is 66.7 Å². The van der Waals surface area contributed by atoms with Crippen LogP contribution in [0.2, 0.25) is 0 Å². The van der Waals surface area contributed by atoms with E-state index in [0.717, 1.165) is 27.3 Å². The summed E-state index contributed by atoms with van der Waals surface area (Å²) in [6.45, 7) is 4.21. The Bertz CT molecular complexity index is 1320. The number of hydrogen-bond acceptors (Lipinski definition) is 4. The molecule has 0 atom stereocenters. The van der Waals surface area contributed by atoms with E-state index in [1.807, 2.05) is 6.07 Å². The van der Waals surface area contributed by atoms with Gasteiger partial charge in [0.15, 0.2) is 0 Å². The molecule has 5 rings (SSSR count). The topological polar surface area (TPSA) is 37.8 Å². The average Bonchev–Trinajstić information content (AvgIpc) is 3.22. The molecule has 3 nitrogen and oxygen atoms in total. The van der Waals surface area contributed by atoms with Crippen molar-refractivity contribution in [2.24, 2.45) is 0 Å². The number of benzene rings is 3. The second-order valence-electron chi connectivity index (χ2n) is 7.44. The van der Waals surface area contributed by atoms with E-state index in [4.69, 9.17) is 0 Å². The Morgan fingerprint density at radius 2 is 1.50 bits per heavy atom. The quantitative estimate of drug-likeness (QED) is 0.337. The maximum absolute atomic E-state index is 4.58. The summed E-state index contributed by atoms with van der Waals surface area (Å²) in [5.41, 5.74) is 8.24. The maximum Gasteiger partial charge on any atom is 0.143 e. The molecule has 2 heterocycles. The predicted molar refractivity (Wildman–Crippen MR) is 127 cm³/mol. The zero-order valence-corrected chi connectivity index (χ0v) is 17.7. The van der Waals surface area contributed by atoms with E-state index in [-0.39, 0.29) is 0 Å². The molecule has 0 aliphatic heterocycles. The molecule has 4 heteroatoms. The fourth-order valence-electron chi connectivity index (χ4n) is 3.65. The first-order chi connectivity index (χ1) is 14.7. The number of anilines is 2. The van der Waals surface area contributed by atoms with Crippen LogP contribution in [0.15, 0.2) is 84.5 Å². The van der Waals surface area contributed by atoms with Gasteiger partial charge in [-0.2, -0.15) is 0 Å². The fourth-order valence-corrected chi connectivity index (χ4v) is 4.57. The lowest BCUT2D eigenvalue weighted by molar-refractivity contribution is 1.22. The molecule has 0 unspecified atom stereocenters. The summed E-state index contributed by atoms with van der Waals surface area (Å²) in [6.07, 6.45) is 1.63. The Morgan fingerprint density at radius 1 is 0.767 bits per heavy atom. The molecule has 0 spiro atoms. The summed E-state index contributed by atoms with van der Waals surface area (Å²) >= 11 is 1.65. The van der Waals surface area contributed by atoms with Crippen LogP contribution in [-0.2, 0) is 0 Å². The van der Waals surface area contributed by atoms with Gasteiger partial charge in [0.25, 0.3) is 0 Å². The second-order valence-corrected chi connectivity index (χ2v) is 8.30. The van der Waals surface area contributed by atoms with Crippen molar-refractivity contribution in [3.63, 3.8) is 0 Å². The minimum absolute atomic E-state index is 0.845. The molecular weight excluding hydrogens is 386 g/mol. The normalized spacial score (nSPS) is 11.0. The maximum atomic E-state index is 4.58. The smallest absolute Gasteiger partial charge is 0.143 e. The van der Waals surface area contributed by atoms with Crippen LogP contribution in [-0.4, -0.2) is 9.97 Å². The van der Waals surface area contributed by atoms with E-state index in [1.54, 1.807) is 17.7 Å². The van der Waals surface area contributed by atoms with Crippen molar-refractivity contribution in [3.05, 3.63) is 95.6 Å². The molecule has 5 aromatic rings. The SMILES string of the molecule is Cc1ccc(C)c(Nc2ncnc3scc(-c4ccc(-c5ccccc5)cc4)c23)c1. The Balaban J connectivity index is 1.57. The molecule has 0 amide bonds. The molecule has 0 bridgehead atoms. The number of nitrogens with zero attached hydrogens (tertiary/aromatic N) is 2. The first-order valence-corrected chi connectivity index (χ1v) is 10.8. The van der Waals surface area contributed by atoms with Gasteiger partial charge in [-0.3, -0.25) is 0 Å². The van der Waals surface area contributed by atoms with Gasteiger partial charge in [0.05, 0.1) is 5.39 Å². The lowest BCUT2D eigenvalue weighted by atomic mass is 10.0. The van der Waals surface area contributed by atoms with Gasteiger partial charge < -0.3 is 5.32 Å². The molecule has 146 valence electrons. The first kappa shape index (κ1) is 18.5. The highest BCUT2D eigenvalue weighted by atomic mass is 32.1. The Morgan fingerprint density at radius 3 is 2.30 bits per heavy atom. The average molecular weight is 408 g/mol. The van der Waals surface area contributed by atoms with Crippen molar-refractivity contribution >= 4 is 33.1 Å². The van der Waals surface area contributed by atoms with E-state index in [9.17, 15) is 0 Å². The molecule has 0 radical (unpaired) electrons. The summed E-state index contributed by atoms with van der Waals surface area (Å²) in [4.78, 5) is 10.1. The van der Waals surface area contributed by atoms with Gasteiger partial charge in [0.1, 0.15) is 17.0 Å². The number of rotatable bonds is 4. The molecule has 3 aromatic carbocycles. The zero-order chi connectivity index (χ0) is 20.5. The lowest BCUT2D eigenvalue weighted by Crippen LogP contribution is -1.98. The summed E-state index contributed by atoms with van der Waals surface area (Å²) in [5, 5.41) is 6.78. The standard InChI is InChI=1S/C26H21N3S/c1-17-8-9-18(2)23(14-17)29-25-24-22(15-30-26(24)28-16-27-25)21-12-10-20(11-13-21)19-6-4-3-5-7-19/h3-16H,1-2H3,(H,27,28,29). The van der Waals surface area contributed by atoms with Crippen LogP contribution >= 0.6 is 11.3 Å². The highest BCUT2D eigenvalue weighted by molar-refractivity contribution is 7.17. The van der Waals surface area contributed by atoms with Gasteiger partial charge >= 0.3 is 0 Å². The molecule has 0 saturated carbocycles. The molecule has 0 aliphatic rings. The van der Waals surface area contributed by atoms with Crippen LogP contribution in [0.25, 0.3) is 32.5 Å². The Labute approximate surface area is 180 Å².